The number of nitrogens with zero attached hydrogens (tertiary/aromatic N) is 2. The predicted molar refractivity (Wildman–Crippen MR) is 149 cm³/mol. The van der Waals surface area contributed by atoms with Crippen molar-refractivity contribution in [2.24, 2.45) is 0 Å². The van der Waals surface area contributed by atoms with Gasteiger partial charge in [0.05, 0.1) is 0 Å². The molecular weight excluding hydrogens is 597 g/mol. The van der Waals surface area contributed by atoms with Gasteiger partial charge in [0.1, 0.15) is 0 Å². The van der Waals surface area contributed by atoms with Crippen molar-refractivity contribution in [3.63, 3.8) is 0 Å². The number of halogens is 1. The first-order valence-electron chi connectivity index (χ1n) is 10.6. The van der Waals surface area contributed by atoms with Gasteiger partial charge in [0.2, 0.25) is 0 Å². The van der Waals surface area contributed by atoms with Gasteiger partial charge in [-0.2, -0.15) is 0 Å². The van der Waals surface area contributed by atoms with Crippen LogP contribution < -0.4 is 23.4 Å². The minimum atomic E-state index is -4.15. The summed E-state index contributed by atoms with van der Waals surface area (Å²) in [6.07, 6.45) is 1.10. The Morgan fingerprint density at radius 3 is 2.32 bits per heavy atom. The van der Waals surface area contributed by atoms with E-state index in [4.69, 9.17) is 21.1 Å². The van der Waals surface area contributed by atoms with E-state index in [0.29, 0.717) is 22.1 Å². The summed E-state index contributed by atoms with van der Waals surface area (Å²) in [5.41, 5.74) is 1.13. The van der Waals surface area contributed by atoms with Crippen LogP contribution >= 0.6 is 11.6 Å². The third-order valence-corrected chi connectivity index (χ3v) is 8.71. The molecule has 0 bridgehead atoms. The number of anilines is 3. The van der Waals surface area contributed by atoms with Crippen LogP contribution in [0.4, 0.5) is 17.1 Å². The zero-order valence-corrected chi connectivity index (χ0v) is 24.8. The maximum Gasteiger partial charge on any atom is -0.358 e. The van der Waals surface area contributed by atoms with Crippen molar-refractivity contribution in [1.29, 1.82) is 0 Å². The molecule has 0 aliphatic carbocycles. The molecule has 1 N–H and O–H groups in total. The largest absolute Gasteiger partial charge is 0.358 e. The molecule has 0 aliphatic rings. The fraction of sp³-hybridized carbons (Fsp3) is 0.200. The number of ether oxygens (including phenoxy) is 2. The Morgan fingerprint density at radius 1 is 1.03 bits per heavy atom. The number of rotatable bonds is 11. The van der Waals surface area contributed by atoms with Crippen molar-refractivity contribution in [2.75, 3.05) is 48.0 Å². The van der Waals surface area contributed by atoms with E-state index in [0.717, 1.165) is 14.9 Å². The van der Waals surface area contributed by atoms with Crippen LogP contribution in [-0.4, -0.2) is 55.5 Å². The summed E-state index contributed by atoms with van der Waals surface area (Å²) in [4.78, 5) is -0.0457. The summed E-state index contributed by atoms with van der Waals surface area (Å²) < 4.78 is 64.3. The molecule has 38 heavy (non-hydrogen) atoms. The van der Waals surface area contributed by atoms with Crippen LogP contribution in [0.1, 0.15) is 0 Å². The van der Waals surface area contributed by atoms with E-state index in [1.165, 1.54) is 51.6 Å². The molecule has 0 amide bonds. The molecule has 0 unspecified atom stereocenters. The van der Waals surface area contributed by atoms with Crippen molar-refractivity contribution in [3.05, 3.63) is 79.2 Å². The topological polar surface area (TPSA) is 105 Å². The Kier molecular flexibility index (Phi) is 10.6. The second kappa shape index (κ2) is 12.9. The van der Waals surface area contributed by atoms with Crippen molar-refractivity contribution in [1.82, 2.24) is 0 Å². The average molecular weight is 625 g/mol. The Hall–Kier alpha value is -2.77. The van der Waals surface area contributed by atoms with Crippen LogP contribution in [0.3, 0.4) is 0 Å². The average Bonchev–Trinajstić information content (AvgIpc) is 2.85. The van der Waals surface area contributed by atoms with Gasteiger partial charge in [-0.15, -0.1) is 0 Å². The SMILES string of the molecule is COc1ccc(S(=O)(=O)N(C[C](=[Co])Nc2cccc(N(C)S(C)(=O)=O)c2)c2[c-]ccc(Cl)c2)cc1OC.[CH3-]. The van der Waals surface area contributed by atoms with E-state index in [1.807, 2.05) is 0 Å². The van der Waals surface area contributed by atoms with Crippen LogP contribution in [-0.2, 0) is 35.3 Å². The number of methoxy groups -OCH3 is 2. The molecule has 0 spiro atoms. The molecule has 0 aromatic heterocycles. The second-order valence-corrected chi connectivity index (χ2v) is 12.6. The van der Waals surface area contributed by atoms with Gasteiger partial charge < -0.3 is 7.43 Å². The fourth-order valence-electron chi connectivity index (χ4n) is 3.26. The maximum atomic E-state index is 13.8. The summed E-state index contributed by atoms with van der Waals surface area (Å²) in [7, 11) is -3.31. The van der Waals surface area contributed by atoms with Crippen LogP contribution in [0.15, 0.2) is 65.6 Å². The van der Waals surface area contributed by atoms with E-state index in [9.17, 15) is 16.8 Å². The molecule has 3 rings (SSSR count). The Bertz CT molecular complexity index is 1520. The Balaban J connectivity index is 0.00000507. The molecule has 0 radical (unpaired) electrons. The van der Waals surface area contributed by atoms with Crippen LogP contribution in [0, 0.1) is 13.5 Å². The molecule has 0 fully saturated rings. The molecule has 0 heterocycles. The monoisotopic (exact) mass is 624 g/mol. The summed E-state index contributed by atoms with van der Waals surface area (Å²) in [5, 5.41) is 3.35. The van der Waals surface area contributed by atoms with Crippen molar-refractivity contribution in [3.8, 4) is 11.5 Å². The van der Waals surface area contributed by atoms with Gasteiger partial charge in [0, 0.05) is 0 Å². The number of hydrogen-bond acceptors (Lipinski definition) is 7. The minimum Gasteiger partial charge on any atom is -0.358 e. The molecule has 3 aromatic carbocycles. The van der Waals surface area contributed by atoms with E-state index in [2.05, 4.69) is 26.7 Å². The third-order valence-electron chi connectivity index (χ3n) is 5.22. The van der Waals surface area contributed by atoms with Gasteiger partial charge >= 0.3 is 231 Å². The summed E-state index contributed by atoms with van der Waals surface area (Å²) in [6, 6.07) is 18.4. The van der Waals surface area contributed by atoms with Gasteiger partial charge in [0.15, 0.2) is 0 Å². The van der Waals surface area contributed by atoms with E-state index in [1.54, 1.807) is 30.3 Å². The van der Waals surface area contributed by atoms with Gasteiger partial charge in [-0.05, 0) is 0 Å². The van der Waals surface area contributed by atoms with Gasteiger partial charge in [-0.1, -0.05) is 0 Å². The number of sulfonamides is 2. The Morgan fingerprint density at radius 2 is 1.71 bits per heavy atom. The minimum absolute atomic E-state index is 0. The molecular formula is C25H28ClCoN3O6S2-2. The van der Waals surface area contributed by atoms with Crippen molar-refractivity contribution < 1.29 is 41.6 Å². The second-order valence-electron chi connectivity index (χ2n) is 7.70. The normalized spacial score (nSPS) is 11.2. The molecule has 0 atom stereocenters. The molecule has 0 aliphatic heterocycles. The molecule has 0 saturated heterocycles. The van der Waals surface area contributed by atoms with Crippen LogP contribution in [0.25, 0.3) is 0 Å². The van der Waals surface area contributed by atoms with E-state index in [-0.39, 0.29) is 34.9 Å². The van der Waals surface area contributed by atoms with Gasteiger partial charge in [-0.25, -0.2) is 0 Å². The standard InChI is InChI=1S/C24H25ClN3O6S2.CH3.Co/c1-27(35(4,29)30)20-9-6-8-19(16-20)26-13-14-28(21-10-5-7-18(25)15-21)36(31,32)22-11-12-23(33-2)24(17-22)34-3;;/h5-9,11-12,15-17,26H,14H2,1-4H3;1H3;/q2*-1;. The quantitative estimate of drug-likeness (QED) is 0.322. The number of benzene rings is 3. The van der Waals surface area contributed by atoms with Crippen LogP contribution in [0.2, 0.25) is 5.02 Å². The Labute approximate surface area is 237 Å². The van der Waals surface area contributed by atoms with Crippen LogP contribution in [0.5, 0.6) is 11.5 Å². The molecule has 13 heteroatoms. The maximum absolute atomic E-state index is 13.8. The van der Waals surface area contributed by atoms with Crippen molar-refractivity contribution >= 4 is 53.3 Å². The first-order chi connectivity index (χ1) is 17.4. The molecule has 0 saturated carbocycles. The van der Waals surface area contributed by atoms with Gasteiger partial charge in [0.25, 0.3) is 0 Å². The zero-order valence-electron chi connectivity index (χ0n) is 21.4. The number of nitrogens with one attached hydrogen (secondary N) is 1. The molecule has 209 valence electrons. The fourth-order valence-corrected chi connectivity index (χ4v) is 5.74. The predicted octanol–water partition coefficient (Wildman–Crippen LogP) is 3.99. The third kappa shape index (κ3) is 7.41. The molecule has 9 nitrogen and oxygen atoms in total. The zero-order chi connectivity index (χ0) is 27.4. The molecule has 3 aromatic rings. The first-order valence-corrected chi connectivity index (χ1v) is 14.8. The smallest absolute Gasteiger partial charge is 0.358 e. The number of hydrogen-bond donors (Lipinski definition) is 1. The summed E-state index contributed by atoms with van der Waals surface area (Å²) >= 11 is 10.7. The summed E-state index contributed by atoms with van der Waals surface area (Å²) in [5.74, 6) is 0.627. The van der Waals surface area contributed by atoms with Crippen molar-refractivity contribution in [2.45, 2.75) is 4.90 Å². The van der Waals surface area contributed by atoms with E-state index >= 15 is 0 Å². The first kappa shape index (κ1) is 31.4. The van der Waals surface area contributed by atoms with E-state index < -0.39 is 20.0 Å². The summed E-state index contributed by atoms with van der Waals surface area (Å²) in [6.45, 7) is -0.209. The van der Waals surface area contributed by atoms with Gasteiger partial charge in [-0.3, -0.25) is 0 Å².